The van der Waals surface area contributed by atoms with Crippen LogP contribution in [0, 0.1) is 5.41 Å². The molecule has 0 bridgehead atoms. The molecule has 4 aromatic rings. The normalized spacial score (nSPS) is 17.5. The highest BCUT2D eigenvalue weighted by molar-refractivity contribution is 6.07. The molecule has 2 fully saturated rings. The van der Waals surface area contributed by atoms with Crippen molar-refractivity contribution in [1.82, 2.24) is 9.80 Å². The lowest BCUT2D eigenvalue weighted by Gasteiger charge is -2.47. The van der Waals surface area contributed by atoms with E-state index in [0.717, 1.165) is 67.7 Å². The number of carbonyl (C=O) groups excluding carboxylic acids is 1. The van der Waals surface area contributed by atoms with E-state index in [4.69, 9.17) is 4.74 Å². The summed E-state index contributed by atoms with van der Waals surface area (Å²) in [6, 6.07) is 33.1. The number of para-hydroxylation sites is 1. The van der Waals surface area contributed by atoms with Gasteiger partial charge < -0.3 is 9.64 Å². The second-order valence-electron chi connectivity index (χ2n) is 11.0. The molecule has 2 aliphatic rings. The molecule has 0 aliphatic carbocycles. The molecule has 194 valence electrons. The highest BCUT2D eigenvalue weighted by Crippen LogP contribution is 2.42. The first kappa shape index (κ1) is 24.7. The second-order valence-corrected chi connectivity index (χ2v) is 11.0. The van der Waals surface area contributed by atoms with Crippen molar-refractivity contribution in [2.75, 3.05) is 26.2 Å². The smallest absolute Gasteiger partial charge is 0.254 e. The van der Waals surface area contributed by atoms with E-state index in [9.17, 15) is 4.79 Å². The van der Waals surface area contributed by atoms with Gasteiger partial charge in [0.1, 0.15) is 12.4 Å². The Kier molecular flexibility index (Phi) is 7.15. The van der Waals surface area contributed by atoms with E-state index in [1.54, 1.807) is 0 Å². The summed E-state index contributed by atoms with van der Waals surface area (Å²) in [5.74, 6) is 1.16. The van der Waals surface area contributed by atoms with Crippen molar-refractivity contribution in [2.24, 2.45) is 5.41 Å². The van der Waals surface area contributed by atoms with Gasteiger partial charge in [-0.05, 0) is 72.7 Å². The first-order valence-corrected chi connectivity index (χ1v) is 13.9. The Morgan fingerprint density at radius 3 is 2.18 bits per heavy atom. The number of amides is 1. The van der Waals surface area contributed by atoms with Crippen LogP contribution in [0.4, 0.5) is 0 Å². The number of rotatable bonds is 6. The molecule has 1 spiro atoms. The molecule has 38 heavy (non-hydrogen) atoms. The van der Waals surface area contributed by atoms with Crippen LogP contribution < -0.4 is 4.74 Å². The van der Waals surface area contributed by atoms with Gasteiger partial charge in [-0.15, -0.1) is 0 Å². The van der Waals surface area contributed by atoms with Crippen molar-refractivity contribution >= 4 is 16.7 Å². The number of ether oxygens (including phenoxy) is 1. The van der Waals surface area contributed by atoms with E-state index in [-0.39, 0.29) is 5.91 Å². The fourth-order valence-corrected chi connectivity index (χ4v) is 6.20. The molecule has 2 heterocycles. The van der Waals surface area contributed by atoms with Crippen molar-refractivity contribution in [3.05, 3.63) is 114 Å². The molecule has 0 N–H and O–H groups in total. The van der Waals surface area contributed by atoms with Gasteiger partial charge in [0.05, 0.1) is 0 Å². The van der Waals surface area contributed by atoms with Gasteiger partial charge >= 0.3 is 0 Å². The first-order valence-electron chi connectivity index (χ1n) is 13.9. The molecule has 4 aromatic carbocycles. The quantitative estimate of drug-likeness (QED) is 0.285. The summed E-state index contributed by atoms with van der Waals surface area (Å²) in [7, 11) is 0. The van der Waals surface area contributed by atoms with Crippen molar-refractivity contribution in [1.29, 1.82) is 0 Å². The van der Waals surface area contributed by atoms with E-state index >= 15 is 0 Å². The van der Waals surface area contributed by atoms with Gasteiger partial charge in [-0.25, -0.2) is 0 Å². The van der Waals surface area contributed by atoms with E-state index < -0.39 is 0 Å². The zero-order valence-electron chi connectivity index (χ0n) is 22.0. The number of hydrogen-bond donors (Lipinski definition) is 0. The number of nitrogens with zero attached hydrogens (tertiary/aromatic N) is 2. The van der Waals surface area contributed by atoms with Crippen molar-refractivity contribution in [2.45, 2.75) is 38.8 Å². The number of benzene rings is 4. The lowest BCUT2D eigenvalue weighted by molar-refractivity contribution is 0.0284. The predicted octanol–water partition coefficient (Wildman–Crippen LogP) is 6.94. The van der Waals surface area contributed by atoms with Crippen LogP contribution in [0.3, 0.4) is 0 Å². The van der Waals surface area contributed by atoms with Crippen molar-refractivity contribution < 1.29 is 9.53 Å². The molecule has 0 atom stereocenters. The zero-order valence-corrected chi connectivity index (χ0v) is 22.0. The molecular formula is C34H36N2O2. The second kappa shape index (κ2) is 11.0. The predicted molar refractivity (Wildman–Crippen MR) is 153 cm³/mol. The van der Waals surface area contributed by atoms with Crippen molar-refractivity contribution in [3.8, 4) is 5.75 Å². The summed E-state index contributed by atoms with van der Waals surface area (Å²) in [5, 5.41) is 2.19. The van der Waals surface area contributed by atoms with Crippen LogP contribution in [-0.2, 0) is 13.2 Å². The number of carbonyl (C=O) groups is 1. The maximum Gasteiger partial charge on any atom is 0.254 e. The standard InChI is InChI=1S/C34H36N2O2/c37-33(31-15-8-13-28-11-4-6-14-30(28)31)36-23-19-34(20-24-36)17-21-35(22-18-34)25-29-12-5-7-16-32(29)38-26-27-9-2-1-3-10-27/h1-16H,17-26H2. The fourth-order valence-electron chi connectivity index (χ4n) is 6.20. The summed E-state index contributed by atoms with van der Waals surface area (Å²) in [4.78, 5) is 18.1. The molecule has 0 saturated carbocycles. The van der Waals surface area contributed by atoms with Crippen LogP contribution >= 0.6 is 0 Å². The summed E-state index contributed by atoms with van der Waals surface area (Å²) in [6.07, 6.45) is 4.62. The molecule has 0 unspecified atom stereocenters. The summed E-state index contributed by atoms with van der Waals surface area (Å²) >= 11 is 0. The molecule has 6 rings (SSSR count). The van der Waals surface area contributed by atoms with E-state index in [0.29, 0.717) is 12.0 Å². The monoisotopic (exact) mass is 504 g/mol. The molecule has 1 amide bonds. The Morgan fingerprint density at radius 2 is 1.37 bits per heavy atom. The number of piperidine rings is 2. The Morgan fingerprint density at radius 1 is 0.711 bits per heavy atom. The Labute approximate surface area is 225 Å². The van der Waals surface area contributed by atoms with Crippen LogP contribution in [0.1, 0.15) is 47.2 Å². The number of fused-ring (bicyclic) bond motifs is 1. The van der Waals surface area contributed by atoms with Gasteiger partial charge in [0.15, 0.2) is 0 Å². The number of hydrogen-bond acceptors (Lipinski definition) is 3. The minimum atomic E-state index is 0.182. The van der Waals surface area contributed by atoms with Gasteiger partial charge in [-0.2, -0.15) is 0 Å². The Hall–Kier alpha value is -3.63. The molecular weight excluding hydrogens is 468 g/mol. The largest absolute Gasteiger partial charge is 0.489 e. The van der Waals surface area contributed by atoms with Crippen LogP contribution in [0.15, 0.2) is 97.1 Å². The third kappa shape index (κ3) is 5.32. The fraction of sp³-hybridized carbons (Fsp3) is 0.324. The van der Waals surface area contributed by atoms with Gasteiger partial charge in [0.2, 0.25) is 0 Å². The van der Waals surface area contributed by atoms with Crippen molar-refractivity contribution in [3.63, 3.8) is 0 Å². The Balaban J connectivity index is 1.03. The minimum absolute atomic E-state index is 0.182. The first-order chi connectivity index (χ1) is 18.7. The van der Waals surface area contributed by atoms with E-state index in [2.05, 4.69) is 76.5 Å². The molecule has 2 saturated heterocycles. The third-order valence-electron chi connectivity index (χ3n) is 8.65. The SMILES string of the molecule is O=C(c1cccc2ccccc12)N1CCC2(CCN(Cc3ccccc3OCc3ccccc3)CC2)CC1. The zero-order chi connectivity index (χ0) is 25.8. The average molecular weight is 505 g/mol. The van der Waals surface area contributed by atoms with Crippen LogP contribution in [0.5, 0.6) is 5.75 Å². The molecule has 2 aliphatic heterocycles. The van der Waals surface area contributed by atoms with Crippen LogP contribution in [-0.4, -0.2) is 41.9 Å². The maximum absolute atomic E-state index is 13.4. The molecule has 0 aromatic heterocycles. The van der Waals surface area contributed by atoms with Gasteiger partial charge in [0.25, 0.3) is 5.91 Å². The van der Waals surface area contributed by atoms with Gasteiger partial charge in [0, 0.05) is 30.8 Å². The molecule has 0 radical (unpaired) electrons. The highest BCUT2D eigenvalue weighted by Gasteiger charge is 2.38. The average Bonchev–Trinajstić information content (AvgIpc) is 2.98. The van der Waals surface area contributed by atoms with E-state index in [1.165, 1.54) is 24.0 Å². The lowest BCUT2D eigenvalue weighted by atomic mass is 9.71. The van der Waals surface area contributed by atoms with Crippen LogP contribution in [0.25, 0.3) is 10.8 Å². The molecule has 4 heteroatoms. The highest BCUT2D eigenvalue weighted by atomic mass is 16.5. The van der Waals surface area contributed by atoms with Crippen LogP contribution in [0.2, 0.25) is 0 Å². The summed E-state index contributed by atoms with van der Waals surface area (Å²) in [6.45, 7) is 5.44. The summed E-state index contributed by atoms with van der Waals surface area (Å²) in [5.41, 5.74) is 3.65. The maximum atomic E-state index is 13.4. The topological polar surface area (TPSA) is 32.8 Å². The third-order valence-corrected chi connectivity index (χ3v) is 8.65. The summed E-state index contributed by atoms with van der Waals surface area (Å²) < 4.78 is 6.21. The number of likely N-dealkylation sites (tertiary alicyclic amines) is 2. The minimum Gasteiger partial charge on any atom is -0.489 e. The lowest BCUT2D eigenvalue weighted by Crippen LogP contribution is -2.48. The Bertz CT molecular complexity index is 1380. The molecule has 4 nitrogen and oxygen atoms in total. The van der Waals surface area contributed by atoms with Gasteiger partial charge in [-0.1, -0.05) is 84.9 Å². The van der Waals surface area contributed by atoms with E-state index in [1.807, 2.05) is 30.3 Å². The van der Waals surface area contributed by atoms with Gasteiger partial charge in [-0.3, -0.25) is 9.69 Å².